The number of esters is 1. The molecule has 0 saturated heterocycles. The third kappa shape index (κ3) is 4.45. The Morgan fingerprint density at radius 1 is 1.32 bits per heavy atom. The minimum atomic E-state index is -0.709. The van der Waals surface area contributed by atoms with E-state index in [-0.39, 0.29) is 6.54 Å². The van der Waals surface area contributed by atoms with Gasteiger partial charge in [-0.3, -0.25) is 10.1 Å². The molecule has 0 saturated carbocycles. The zero-order valence-corrected chi connectivity index (χ0v) is 12.6. The van der Waals surface area contributed by atoms with E-state index in [1.807, 2.05) is 0 Å². The van der Waals surface area contributed by atoms with Gasteiger partial charge in [-0.2, -0.15) is 0 Å². The molecule has 3 amide bonds. The predicted molar refractivity (Wildman–Crippen MR) is 78.4 cm³/mol. The molecule has 7 nitrogen and oxygen atoms in total. The Morgan fingerprint density at radius 2 is 2.14 bits per heavy atom. The normalized spacial score (nSPS) is 10.0. The lowest BCUT2D eigenvalue weighted by Gasteiger charge is -2.06. The number of amides is 3. The van der Waals surface area contributed by atoms with Crippen molar-refractivity contribution >= 4 is 29.2 Å². The zero-order chi connectivity index (χ0) is 15.9. The first-order chi connectivity index (χ1) is 10.6. The van der Waals surface area contributed by atoms with Crippen LogP contribution in [0.1, 0.15) is 21.0 Å². The van der Waals surface area contributed by atoms with E-state index in [1.54, 1.807) is 30.5 Å². The smallest absolute Gasteiger partial charge is 0.349 e. The first kappa shape index (κ1) is 15.8. The zero-order valence-electron chi connectivity index (χ0n) is 11.8. The maximum atomic E-state index is 11.7. The lowest BCUT2D eigenvalue weighted by Crippen LogP contribution is -2.41. The van der Waals surface area contributed by atoms with Gasteiger partial charge in [0.2, 0.25) is 0 Å². The van der Waals surface area contributed by atoms with Gasteiger partial charge in [0, 0.05) is 0 Å². The number of urea groups is 1. The summed E-state index contributed by atoms with van der Waals surface area (Å²) >= 11 is 1.23. The summed E-state index contributed by atoms with van der Waals surface area (Å²) in [5.74, 6) is -0.736. The van der Waals surface area contributed by atoms with Crippen molar-refractivity contribution in [3.05, 3.63) is 46.0 Å². The number of carbonyl (C=O) groups is 3. The van der Waals surface area contributed by atoms with Gasteiger partial charge in [0.25, 0.3) is 5.91 Å². The van der Waals surface area contributed by atoms with Crippen LogP contribution in [0.2, 0.25) is 0 Å². The lowest BCUT2D eigenvalue weighted by molar-refractivity contribution is -0.123. The van der Waals surface area contributed by atoms with Crippen molar-refractivity contribution in [3.63, 3.8) is 0 Å². The van der Waals surface area contributed by atoms with Crippen molar-refractivity contribution in [3.8, 4) is 0 Å². The van der Waals surface area contributed by atoms with E-state index in [4.69, 9.17) is 9.15 Å². The summed E-state index contributed by atoms with van der Waals surface area (Å²) in [6, 6.07) is 4.47. The van der Waals surface area contributed by atoms with Crippen molar-refractivity contribution < 1.29 is 23.5 Å². The molecule has 2 heterocycles. The summed E-state index contributed by atoms with van der Waals surface area (Å²) in [4.78, 5) is 35.1. The second kappa shape index (κ2) is 7.41. The number of carbonyl (C=O) groups excluding carboxylic acids is 3. The second-order valence-corrected chi connectivity index (χ2v) is 5.24. The average molecular weight is 322 g/mol. The van der Waals surface area contributed by atoms with Crippen LogP contribution < -0.4 is 10.6 Å². The molecule has 2 aromatic heterocycles. The standard InChI is InChI=1S/C14H14N2O5S/c1-9-4-6-22-12(9)13(18)21-8-11(17)16-14(19)15-7-10-3-2-5-20-10/h2-6H,7-8H2,1H3,(H2,15,16,17,19). The third-order valence-electron chi connectivity index (χ3n) is 2.64. The van der Waals surface area contributed by atoms with E-state index >= 15 is 0 Å². The van der Waals surface area contributed by atoms with Crippen LogP contribution >= 0.6 is 11.3 Å². The molecule has 0 aliphatic rings. The van der Waals surface area contributed by atoms with Crippen molar-refractivity contribution in [2.75, 3.05) is 6.61 Å². The molecule has 2 rings (SSSR count). The van der Waals surface area contributed by atoms with E-state index in [2.05, 4.69) is 10.6 Å². The fraction of sp³-hybridized carbons (Fsp3) is 0.214. The molecule has 0 aromatic carbocycles. The molecule has 22 heavy (non-hydrogen) atoms. The summed E-state index contributed by atoms with van der Waals surface area (Å²) in [6.45, 7) is 1.40. The molecule has 0 aliphatic heterocycles. The van der Waals surface area contributed by atoms with Crippen LogP contribution in [0.3, 0.4) is 0 Å². The highest BCUT2D eigenvalue weighted by atomic mass is 32.1. The second-order valence-electron chi connectivity index (χ2n) is 4.32. The molecule has 0 atom stereocenters. The van der Waals surface area contributed by atoms with Gasteiger partial charge >= 0.3 is 12.0 Å². The fourth-order valence-corrected chi connectivity index (χ4v) is 2.38. The molecule has 0 fully saturated rings. The summed E-state index contributed by atoms with van der Waals surface area (Å²) in [5.41, 5.74) is 0.784. The van der Waals surface area contributed by atoms with Gasteiger partial charge in [-0.1, -0.05) is 0 Å². The van der Waals surface area contributed by atoms with Crippen molar-refractivity contribution in [1.29, 1.82) is 0 Å². The van der Waals surface area contributed by atoms with E-state index in [0.717, 1.165) is 5.56 Å². The molecular weight excluding hydrogens is 308 g/mol. The average Bonchev–Trinajstić information content (AvgIpc) is 3.14. The Hall–Kier alpha value is -2.61. The first-order valence-electron chi connectivity index (χ1n) is 6.37. The minimum Gasteiger partial charge on any atom is -0.467 e. The summed E-state index contributed by atoms with van der Waals surface area (Å²) in [6.07, 6.45) is 1.48. The maximum absolute atomic E-state index is 11.7. The quantitative estimate of drug-likeness (QED) is 0.819. The van der Waals surface area contributed by atoms with Crippen LogP contribution in [0.25, 0.3) is 0 Å². The Labute approximate surface area is 130 Å². The van der Waals surface area contributed by atoms with Gasteiger partial charge in [-0.25, -0.2) is 9.59 Å². The highest BCUT2D eigenvalue weighted by Gasteiger charge is 2.15. The SMILES string of the molecule is Cc1ccsc1C(=O)OCC(=O)NC(=O)NCc1ccco1. The number of hydrogen-bond donors (Lipinski definition) is 2. The molecule has 0 bridgehead atoms. The summed E-state index contributed by atoms with van der Waals surface area (Å²) < 4.78 is 9.87. The van der Waals surface area contributed by atoms with E-state index in [9.17, 15) is 14.4 Å². The van der Waals surface area contributed by atoms with Gasteiger partial charge in [0.1, 0.15) is 10.6 Å². The molecule has 0 spiro atoms. The Morgan fingerprint density at radius 3 is 2.77 bits per heavy atom. The molecule has 2 aromatic rings. The molecule has 0 radical (unpaired) electrons. The fourth-order valence-electron chi connectivity index (χ4n) is 1.57. The number of imide groups is 1. The molecule has 8 heteroatoms. The van der Waals surface area contributed by atoms with Crippen molar-refractivity contribution in [2.45, 2.75) is 13.5 Å². The Bertz CT molecular complexity index is 663. The molecule has 116 valence electrons. The number of hydrogen-bond acceptors (Lipinski definition) is 6. The number of thiophene rings is 1. The van der Waals surface area contributed by atoms with Gasteiger partial charge in [-0.05, 0) is 36.1 Å². The largest absolute Gasteiger partial charge is 0.467 e. The number of nitrogens with one attached hydrogen (secondary N) is 2. The van der Waals surface area contributed by atoms with Gasteiger partial charge in [0.15, 0.2) is 6.61 Å². The first-order valence-corrected chi connectivity index (χ1v) is 7.25. The molecule has 0 unspecified atom stereocenters. The molecule has 2 N–H and O–H groups in total. The monoisotopic (exact) mass is 322 g/mol. The van der Waals surface area contributed by atoms with Crippen LogP contribution in [0.5, 0.6) is 0 Å². The van der Waals surface area contributed by atoms with Crippen LogP contribution in [0.15, 0.2) is 34.3 Å². The summed E-state index contributed by atoms with van der Waals surface area (Å²) in [7, 11) is 0. The van der Waals surface area contributed by atoms with E-state index in [0.29, 0.717) is 10.6 Å². The lowest BCUT2D eigenvalue weighted by atomic mass is 10.3. The number of furan rings is 1. The maximum Gasteiger partial charge on any atom is 0.349 e. The highest BCUT2D eigenvalue weighted by molar-refractivity contribution is 7.12. The highest BCUT2D eigenvalue weighted by Crippen LogP contribution is 2.16. The third-order valence-corrected chi connectivity index (χ3v) is 3.63. The number of rotatable bonds is 5. The van der Waals surface area contributed by atoms with Crippen LogP contribution in [0.4, 0.5) is 4.79 Å². The summed E-state index contributed by atoms with van der Waals surface area (Å²) in [5, 5.41) is 6.25. The van der Waals surface area contributed by atoms with Crippen molar-refractivity contribution in [2.24, 2.45) is 0 Å². The van der Waals surface area contributed by atoms with Gasteiger partial charge < -0.3 is 14.5 Å². The van der Waals surface area contributed by atoms with Crippen LogP contribution in [-0.4, -0.2) is 24.5 Å². The predicted octanol–water partition coefficient (Wildman–Crippen LogP) is 1.83. The van der Waals surface area contributed by atoms with E-state index in [1.165, 1.54) is 17.6 Å². The van der Waals surface area contributed by atoms with E-state index < -0.39 is 24.5 Å². The van der Waals surface area contributed by atoms with Crippen LogP contribution in [-0.2, 0) is 16.1 Å². The Balaban J connectivity index is 1.70. The van der Waals surface area contributed by atoms with Gasteiger partial charge in [-0.15, -0.1) is 11.3 Å². The Kier molecular flexibility index (Phi) is 5.31. The molecular formula is C14H14N2O5S. The number of aryl methyl sites for hydroxylation is 1. The minimum absolute atomic E-state index is 0.153. The van der Waals surface area contributed by atoms with Crippen molar-refractivity contribution in [1.82, 2.24) is 10.6 Å². The molecule has 0 aliphatic carbocycles. The van der Waals surface area contributed by atoms with Crippen LogP contribution in [0, 0.1) is 6.92 Å². The number of ether oxygens (including phenoxy) is 1. The topological polar surface area (TPSA) is 97.6 Å². The van der Waals surface area contributed by atoms with Gasteiger partial charge in [0.05, 0.1) is 12.8 Å².